The molecule has 0 amide bonds. The maximum absolute atomic E-state index is 14.0. The first kappa shape index (κ1) is 14.5. The number of halogens is 4. The van der Waals surface area contributed by atoms with Crippen molar-refractivity contribution >= 4 is 38.3 Å². The first-order valence-electron chi connectivity index (χ1n) is 6.34. The minimum Gasteiger partial charge on any atom is -0.207 e. The summed E-state index contributed by atoms with van der Waals surface area (Å²) in [4.78, 5) is -0.401. The Hall–Kier alpha value is -1.45. The summed E-state index contributed by atoms with van der Waals surface area (Å²) >= 11 is 9.45. The van der Waals surface area contributed by atoms with Gasteiger partial charge in [-0.25, -0.2) is 8.78 Å². The van der Waals surface area contributed by atoms with Gasteiger partial charge in [0, 0.05) is 16.0 Å². The van der Waals surface area contributed by atoms with Crippen LogP contribution in [-0.4, -0.2) is 0 Å². The van der Waals surface area contributed by atoms with E-state index in [1.807, 2.05) is 12.1 Å². The largest absolute Gasteiger partial charge is 0.207 e. The average molecular weight is 368 g/mol. The molecule has 4 heteroatoms. The van der Waals surface area contributed by atoms with E-state index >= 15 is 0 Å². The van der Waals surface area contributed by atoms with Crippen LogP contribution in [0.25, 0.3) is 10.8 Å². The number of benzene rings is 3. The Morgan fingerprint density at radius 2 is 1.48 bits per heavy atom. The number of fused-ring (bicyclic) bond motifs is 1. The molecule has 0 saturated heterocycles. The highest BCUT2D eigenvalue weighted by atomic mass is 79.9. The lowest BCUT2D eigenvalue weighted by molar-refractivity contribution is 0.613. The van der Waals surface area contributed by atoms with Gasteiger partial charge >= 0.3 is 0 Å². The molecule has 3 aromatic rings. The van der Waals surface area contributed by atoms with Crippen LogP contribution in [0.3, 0.4) is 0 Å². The zero-order valence-electron chi connectivity index (χ0n) is 10.8. The van der Waals surface area contributed by atoms with Crippen LogP contribution in [-0.2, 0) is 0 Å². The normalized spacial score (nSPS) is 12.6. The highest BCUT2D eigenvalue weighted by Gasteiger charge is 2.18. The first-order chi connectivity index (χ1) is 10.1. The molecule has 0 aliphatic rings. The van der Waals surface area contributed by atoms with Crippen molar-refractivity contribution in [1.82, 2.24) is 0 Å². The Balaban J connectivity index is 2.20. The molecule has 1 unspecified atom stereocenters. The minimum atomic E-state index is -0.401. The highest BCUT2D eigenvalue weighted by Crippen LogP contribution is 2.38. The molecule has 106 valence electrons. The van der Waals surface area contributed by atoms with Crippen molar-refractivity contribution in [1.29, 1.82) is 0 Å². The van der Waals surface area contributed by atoms with Gasteiger partial charge in [0.15, 0.2) is 0 Å². The van der Waals surface area contributed by atoms with E-state index in [-0.39, 0.29) is 11.6 Å². The summed E-state index contributed by atoms with van der Waals surface area (Å²) in [6, 6.07) is 14.6. The predicted octanol–water partition coefficient (Wildman–Crippen LogP) is 6.26. The van der Waals surface area contributed by atoms with Gasteiger partial charge in [-0.2, -0.15) is 0 Å². The minimum absolute atomic E-state index is 0.291. The Morgan fingerprint density at radius 3 is 2.24 bits per heavy atom. The zero-order valence-corrected chi connectivity index (χ0v) is 13.1. The summed E-state index contributed by atoms with van der Waals surface area (Å²) in [7, 11) is 0. The van der Waals surface area contributed by atoms with Crippen LogP contribution in [0, 0.1) is 11.6 Å². The van der Waals surface area contributed by atoms with Gasteiger partial charge in [0.05, 0.1) is 4.83 Å². The molecule has 0 saturated carbocycles. The maximum atomic E-state index is 14.0. The highest BCUT2D eigenvalue weighted by molar-refractivity contribution is 9.09. The summed E-state index contributed by atoms with van der Waals surface area (Å²) in [5.74, 6) is -0.643. The second-order valence-corrected chi connectivity index (χ2v) is 6.06. The van der Waals surface area contributed by atoms with E-state index < -0.39 is 4.83 Å². The van der Waals surface area contributed by atoms with Gasteiger partial charge in [0.2, 0.25) is 0 Å². The Morgan fingerprint density at radius 1 is 0.810 bits per heavy atom. The number of hydrogen-bond acceptors (Lipinski definition) is 0. The lowest BCUT2D eigenvalue weighted by Gasteiger charge is -2.15. The summed E-state index contributed by atoms with van der Waals surface area (Å²) in [6.07, 6.45) is 0. The molecule has 21 heavy (non-hydrogen) atoms. The fourth-order valence-corrected chi connectivity index (χ4v) is 3.31. The van der Waals surface area contributed by atoms with Crippen LogP contribution in [0.1, 0.15) is 16.0 Å². The molecule has 3 aromatic carbocycles. The van der Waals surface area contributed by atoms with Gasteiger partial charge in [0.25, 0.3) is 0 Å². The monoisotopic (exact) mass is 366 g/mol. The summed E-state index contributed by atoms with van der Waals surface area (Å²) in [5.41, 5.74) is 1.23. The fraction of sp³-hybridized carbons (Fsp3) is 0.0588. The molecule has 0 N–H and O–H groups in total. The van der Waals surface area contributed by atoms with Crippen LogP contribution in [0.4, 0.5) is 8.78 Å². The Kier molecular flexibility index (Phi) is 3.96. The zero-order chi connectivity index (χ0) is 15.0. The Bertz CT molecular complexity index is 817. The van der Waals surface area contributed by atoms with Crippen molar-refractivity contribution in [3.05, 3.63) is 82.4 Å². The molecule has 0 radical (unpaired) electrons. The van der Waals surface area contributed by atoms with Crippen molar-refractivity contribution in [3.63, 3.8) is 0 Å². The molecule has 0 fully saturated rings. The van der Waals surface area contributed by atoms with Gasteiger partial charge in [-0.05, 0) is 35.2 Å². The molecule has 1 atom stereocenters. The van der Waals surface area contributed by atoms with Crippen LogP contribution < -0.4 is 0 Å². The molecule has 0 aliphatic carbocycles. The van der Waals surface area contributed by atoms with E-state index in [4.69, 9.17) is 11.6 Å². The second-order valence-electron chi connectivity index (χ2n) is 4.71. The summed E-state index contributed by atoms with van der Waals surface area (Å²) in [6.45, 7) is 0. The van der Waals surface area contributed by atoms with Crippen molar-refractivity contribution in [2.75, 3.05) is 0 Å². The SMILES string of the molecule is Fc1ccc(Cl)cc1C(Br)c1ccc(F)c2ccccc12. The Labute approximate surface area is 134 Å². The van der Waals surface area contributed by atoms with E-state index in [2.05, 4.69) is 15.9 Å². The summed E-state index contributed by atoms with van der Waals surface area (Å²) in [5, 5.41) is 1.72. The number of hydrogen-bond donors (Lipinski definition) is 0. The smallest absolute Gasteiger partial charge is 0.131 e. The molecule has 0 aliphatic heterocycles. The topological polar surface area (TPSA) is 0 Å². The van der Waals surface area contributed by atoms with Crippen molar-refractivity contribution in [2.24, 2.45) is 0 Å². The van der Waals surface area contributed by atoms with Crippen LogP contribution in [0.2, 0.25) is 5.02 Å². The van der Waals surface area contributed by atoms with Crippen molar-refractivity contribution < 1.29 is 8.78 Å². The molecule has 0 heterocycles. The van der Waals surface area contributed by atoms with E-state index in [0.717, 1.165) is 10.9 Å². The quantitative estimate of drug-likeness (QED) is 0.469. The van der Waals surface area contributed by atoms with Gasteiger partial charge in [0.1, 0.15) is 11.6 Å². The third-order valence-corrected chi connectivity index (χ3v) is 4.63. The molecular formula is C17H10BrClF2. The predicted molar refractivity (Wildman–Crippen MR) is 86.1 cm³/mol. The van der Waals surface area contributed by atoms with E-state index in [9.17, 15) is 8.78 Å². The standard InChI is InChI=1S/C17H10BrClF2/c18-17(14-9-10(19)5-7-16(14)21)13-6-8-15(20)12-4-2-1-3-11(12)13/h1-9,17H. The molecular weight excluding hydrogens is 358 g/mol. The third-order valence-electron chi connectivity index (χ3n) is 3.41. The fourth-order valence-electron chi connectivity index (χ4n) is 2.38. The number of alkyl halides is 1. The average Bonchev–Trinajstić information content (AvgIpc) is 2.50. The van der Waals surface area contributed by atoms with Crippen molar-refractivity contribution in [3.8, 4) is 0 Å². The van der Waals surface area contributed by atoms with Gasteiger partial charge < -0.3 is 0 Å². The molecule has 0 nitrogen and oxygen atoms in total. The van der Waals surface area contributed by atoms with Gasteiger partial charge in [-0.15, -0.1) is 0 Å². The van der Waals surface area contributed by atoms with Crippen LogP contribution in [0.5, 0.6) is 0 Å². The molecule has 0 bridgehead atoms. The summed E-state index contributed by atoms with van der Waals surface area (Å²) < 4.78 is 27.9. The first-order valence-corrected chi connectivity index (χ1v) is 7.63. The van der Waals surface area contributed by atoms with E-state index in [1.165, 1.54) is 18.2 Å². The molecule has 3 rings (SSSR count). The van der Waals surface area contributed by atoms with Crippen LogP contribution >= 0.6 is 27.5 Å². The lowest BCUT2D eigenvalue weighted by Crippen LogP contribution is -1.98. The molecule has 0 spiro atoms. The van der Waals surface area contributed by atoms with E-state index in [1.54, 1.807) is 24.3 Å². The third kappa shape index (κ3) is 2.68. The second kappa shape index (κ2) is 5.74. The van der Waals surface area contributed by atoms with Gasteiger partial charge in [-0.3, -0.25) is 0 Å². The van der Waals surface area contributed by atoms with Gasteiger partial charge in [-0.1, -0.05) is 57.9 Å². The number of rotatable bonds is 2. The van der Waals surface area contributed by atoms with Crippen molar-refractivity contribution in [2.45, 2.75) is 4.83 Å². The molecule has 0 aromatic heterocycles. The van der Waals surface area contributed by atoms with Crippen LogP contribution in [0.15, 0.2) is 54.6 Å². The van der Waals surface area contributed by atoms with E-state index in [0.29, 0.717) is 16.0 Å². The lowest BCUT2D eigenvalue weighted by atomic mass is 9.98. The maximum Gasteiger partial charge on any atom is 0.131 e.